The van der Waals surface area contributed by atoms with E-state index < -0.39 is 16.1 Å². The Morgan fingerprint density at radius 1 is 1.14 bits per heavy atom. The number of nitrogens with zero attached hydrogens (tertiary/aromatic N) is 5. The van der Waals surface area contributed by atoms with E-state index in [1.54, 1.807) is 36.5 Å². The Morgan fingerprint density at radius 3 is 2.60 bits per heavy atom. The lowest BCUT2D eigenvalue weighted by Gasteiger charge is -2.17. The van der Waals surface area contributed by atoms with E-state index in [0.717, 1.165) is 34.5 Å². The molecule has 1 aliphatic carbocycles. The van der Waals surface area contributed by atoms with Gasteiger partial charge in [0.1, 0.15) is 0 Å². The first-order chi connectivity index (χ1) is 16.8. The Morgan fingerprint density at radius 2 is 1.91 bits per heavy atom. The third-order valence-corrected chi connectivity index (χ3v) is 8.06. The summed E-state index contributed by atoms with van der Waals surface area (Å²) in [5, 5.41) is 18.4. The number of rotatable bonds is 7. The summed E-state index contributed by atoms with van der Waals surface area (Å²) < 4.78 is 35.5. The molecule has 3 aromatic heterocycles. The molecular weight excluding hydrogens is 468 g/mol. The molecule has 0 amide bonds. The first-order valence-corrected chi connectivity index (χ1v) is 13.1. The molecule has 0 bridgehead atoms. The van der Waals surface area contributed by atoms with Gasteiger partial charge in [-0.1, -0.05) is 17.7 Å². The van der Waals surface area contributed by atoms with Gasteiger partial charge in [-0.25, -0.2) is 12.4 Å². The van der Waals surface area contributed by atoms with Gasteiger partial charge in [0.2, 0.25) is 11.8 Å². The number of hydrogen-bond acceptors (Lipinski definition) is 8. The van der Waals surface area contributed by atoms with Crippen LogP contribution in [0, 0.1) is 13.8 Å². The summed E-state index contributed by atoms with van der Waals surface area (Å²) in [6.45, 7) is 6.01. The Bertz CT molecular complexity index is 1480. The maximum absolute atomic E-state index is 13.4. The molecule has 11 heteroatoms. The summed E-state index contributed by atoms with van der Waals surface area (Å²) in [5.74, 6) is 0.476. The predicted molar refractivity (Wildman–Crippen MR) is 132 cm³/mol. The van der Waals surface area contributed by atoms with Gasteiger partial charge in [-0.3, -0.25) is 4.68 Å². The number of nitrogens with one attached hydrogen (secondary N) is 1. The first-order valence-electron chi connectivity index (χ1n) is 11.6. The second-order valence-corrected chi connectivity index (χ2v) is 10.5. The standard InChI is InChI=1S/C24H28N6O4S/c1-4-34-23-18-12-13-29(35(32,33)17-10-8-15(2)9-11-17)22(18)27-24(28-23)26-19-14-25-30(16(19)3)20-6-5-7-21(20)31/h8-14,20-21,31H,4-7H2,1-3H3,(H,26,27,28)/t20-,21-/m1/s1. The summed E-state index contributed by atoms with van der Waals surface area (Å²) in [7, 11) is -3.88. The highest BCUT2D eigenvalue weighted by Crippen LogP contribution is 2.33. The highest BCUT2D eigenvalue weighted by Gasteiger charge is 2.29. The van der Waals surface area contributed by atoms with Crippen molar-refractivity contribution in [3.05, 3.63) is 54.0 Å². The molecule has 0 aliphatic heterocycles. The Labute approximate surface area is 203 Å². The molecule has 2 atom stereocenters. The number of fused-ring (bicyclic) bond motifs is 1. The van der Waals surface area contributed by atoms with E-state index in [4.69, 9.17) is 4.74 Å². The first kappa shape index (κ1) is 23.3. The quantitative estimate of drug-likeness (QED) is 0.397. The van der Waals surface area contributed by atoms with Gasteiger partial charge < -0.3 is 15.2 Å². The second kappa shape index (κ2) is 8.97. The van der Waals surface area contributed by atoms with Crippen molar-refractivity contribution in [2.45, 2.75) is 57.1 Å². The molecule has 35 heavy (non-hydrogen) atoms. The molecule has 5 rings (SSSR count). The van der Waals surface area contributed by atoms with E-state index in [9.17, 15) is 13.5 Å². The Balaban J connectivity index is 1.56. The lowest BCUT2D eigenvalue weighted by Crippen LogP contribution is -2.20. The molecule has 2 N–H and O–H groups in total. The van der Waals surface area contributed by atoms with Crippen LogP contribution in [-0.2, 0) is 10.0 Å². The van der Waals surface area contributed by atoms with Crippen LogP contribution in [-0.4, -0.2) is 50.0 Å². The Kier molecular flexibility index (Phi) is 5.97. The van der Waals surface area contributed by atoms with E-state index in [1.165, 1.54) is 6.20 Å². The minimum Gasteiger partial charge on any atom is -0.477 e. The fourth-order valence-electron chi connectivity index (χ4n) is 4.49. The normalized spacial score (nSPS) is 18.3. The molecule has 1 saturated carbocycles. The van der Waals surface area contributed by atoms with Crippen molar-refractivity contribution < 1.29 is 18.3 Å². The van der Waals surface area contributed by atoms with Crippen LogP contribution in [0.25, 0.3) is 11.0 Å². The Hall–Kier alpha value is -3.44. The van der Waals surface area contributed by atoms with Gasteiger partial charge in [-0.15, -0.1) is 0 Å². The fraction of sp³-hybridized carbons (Fsp3) is 0.375. The maximum atomic E-state index is 13.4. The van der Waals surface area contributed by atoms with Gasteiger partial charge in [-0.2, -0.15) is 15.1 Å². The smallest absolute Gasteiger partial charge is 0.269 e. The molecular formula is C24H28N6O4S. The van der Waals surface area contributed by atoms with Crippen molar-refractivity contribution >= 4 is 32.7 Å². The highest BCUT2D eigenvalue weighted by atomic mass is 32.2. The van der Waals surface area contributed by atoms with Gasteiger partial charge in [0, 0.05) is 6.20 Å². The minimum absolute atomic E-state index is 0.0650. The van der Waals surface area contributed by atoms with Crippen molar-refractivity contribution in [3.8, 4) is 5.88 Å². The molecule has 0 saturated heterocycles. The van der Waals surface area contributed by atoms with E-state index in [2.05, 4.69) is 20.4 Å². The van der Waals surface area contributed by atoms with Crippen LogP contribution >= 0.6 is 0 Å². The summed E-state index contributed by atoms with van der Waals surface area (Å²) in [5.41, 5.74) is 2.68. The van der Waals surface area contributed by atoms with Gasteiger partial charge in [0.25, 0.3) is 10.0 Å². The van der Waals surface area contributed by atoms with Crippen molar-refractivity contribution in [3.63, 3.8) is 0 Å². The predicted octanol–water partition coefficient (Wildman–Crippen LogP) is 3.71. The zero-order valence-corrected chi connectivity index (χ0v) is 20.7. The molecule has 3 heterocycles. The minimum atomic E-state index is -3.88. The summed E-state index contributed by atoms with van der Waals surface area (Å²) >= 11 is 0. The molecule has 10 nitrogen and oxygen atoms in total. The fourth-order valence-corrected chi connectivity index (χ4v) is 5.79. The molecule has 184 valence electrons. The highest BCUT2D eigenvalue weighted by molar-refractivity contribution is 7.90. The van der Waals surface area contributed by atoms with Crippen molar-refractivity contribution in [1.82, 2.24) is 23.7 Å². The van der Waals surface area contributed by atoms with E-state index in [-0.39, 0.29) is 28.4 Å². The van der Waals surface area contributed by atoms with E-state index in [0.29, 0.717) is 17.7 Å². The van der Waals surface area contributed by atoms with Gasteiger partial charge >= 0.3 is 0 Å². The van der Waals surface area contributed by atoms with E-state index in [1.807, 2.05) is 25.5 Å². The average Bonchev–Trinajstić information content (AvgIpc) is 3.54. The largest absolute Gasteiger partial charge is 0.477 e. The number of aliphatic hydroxyl groups is 1. The van der Waals surface area contributed by atoms with Gasteiger partial charge in [0.15, 0.2) is 5.65 Å². The van der Waals surface area contributed by atoms with Gasteiger partial charge in [-0.05, 0) is 58.2 Å². The van der Waals surface area contributed by atoms with Crippen molar-refractivity contribution in [1.29, 1.82) is 0 Å². The topological polar surface area (TPSA) is 124 Å². The summed E-state index contributed by atoms with van der Waals surface area (Å²) in [6, 6.07) is 8.25. The third-order valence-electron chi connectivity index (χ3n) is 6.38. The SMILES string of the molecule is CCOc1nc(Nc2cnn([C@@H]3CCC[C@H]3O)c2C)nc2c1ccn2S(=O)(=O)c1ccc(C)cc1. The number of hydrogen-bond donors (Lipinski definition) is 2. The number of aliphatic hydroxyl groups excluding tert-OH is 1. The van der Waals surface area contributed by atoms with Crippen LogP contribution < -0.4 is 10.1 Å². The molecule has 0 spiro atoms. The van der Waals surface area contributed by atoms with Crippen LogP contribution in [0.2, 0.25) is 0 Å². The second-order valence-electron chi connectivity index (χ2n) is 8.73. The van der Waals surface area contributed by atoms with Crippen LogP contribution in [0.4, 0.5) is 11.6 Å². The molecule has 4 aromatic rings. The van der Waals surface area contributed by atoms with Crippen LogP contribution in [0.1, 0.15) is 43.5 Å². The number of aromatic nitrogens is 5. The van der Waals surface area contributed by atoms with Crippen LogP contribution in [0.5, 0.6) is 5.88 Å². The number of benzene rings is 1. The average molecular weight is 497 g/mol. The molecule has 0 radical (unpaired) electrons. The van der Waals surface area contributed by atoms with E-state index >= 15 is 0 Å². The molecule has 0 unspecified atom stereocenters. The van der Waals surface area contributed by atoms with Crippen molar-refractivity contribution in [2.24, 2.45) is 0 Å². The summed E-state index contributed by atoms with van der Waals surface area (Å²) in [4.78, 5) is 9.20. The number of anilines is 2. The molecule has 1 fully saturated rings. The number of aryl methyl sites for hydroxylation is 1. The van der Waals surface area contributed by atoms with Crippen molar-refractivity contribution in [2.75, 3.05) is 11.9 Å². The molecule has 1 aliphatic rings. The zero-order valence-electron chi connectivity index (χ0n) is 19.8. The lowest BCUT2D eigenvalue weighted by atomic mass is 10.2. The van der Waals surface area contributed by atoms with Crippen LogP contribution in [0.3, 0.4) is 0 Å². The lowest BCUT2D eigenvalue weighted by molar-refractivity contribution is 0.129. The van der Waals surface area contributed by atoms with Crippen LogP contribution in [0.15, 0.2) is 47.6 Å². The third kappa shape index (κ3) is 4.14. The summed E-state index contributed by atoms with van der Waals surface area (Å²) in [6.07, 6.45) is 5.29. The number of ether oxygens (including phenoxy) is 1. The monoisotopic (exact) mass is 496 g/mol. The van der Waals surface area contributed by atoms with Gasteiger partial charge in [0.05, 0.1) is 46.6 Å². The zero-order chi connectivity index (χ0) is 24.7. The maximum Gasteiger partial charge on any atom is 0.269 e. The molecule has 1 aromatic carbocycles.